The van der Waals surface area contributed by atoms with Crippen LogP contribution in [0.15, 0.2) is 59.5 Å². The summed E-state index contributed by atoms with van der Waals surface area (Å²) >= 11 is 7.24. The summed E-state index contributed by atoms with van der Waals surface area (Å²) in [7, 11) is 0. The number of thioether (sulfide) groups is 1. The SMILES string of the molecule is O=C(CSc1ccccc1)Nc1cccc(CCCCl)c1. The second-order valence-electron chi connectivity index (χ2n) is 4.64. The number of nitrogens with one attached hydrogen (secondary N) is 1. The molecule has 0 saturated heterocycles. The highest BCUT2D eigenvalue weighted by Gasteiger charge is 2.04. The predicted molar refractivity (Wildman–Crippen MR) is 91.3 cm³/mol. The standard InChI is InChI=1S/C17H18ClNOS/c18-11-5-7-14-6-4-8-15(12-14)19-17(20)13-21-16-9-2-1-3-10-16/h1-4,6,8-10,12H,5,7,11,13H2,(H,19,20). The molecule has 2 nitrogen and oxygen atoms in total. The fourth-order valence-corrected chi connectivity index (χ4v) is 2.79. The van der Waals surface area contributed by atoms with Crippen LogP contribution in [-0.2, 0) is 11.2 Å². The first-order chi connectivity index (χ1) is 10.3. The smallest absolute Gasteiger partial charge is 0.234 e. The molecule has 2 rings (SSSR count). The Morgan fingerprint density at radius 3 is 2.67 bits per heavy atom. The lowest BCUT2D eigenvalue weighted by Crippen LogP contribution is -2.14. The van der Waals surface area contributed by atoms with E-state index in [1.807, 2.05) is 48.5 Å². The molecule has 0 atom stereocenters. The minimum absolute atomic E-state index is 0.0124. The molecule has 0 aliphatic heterocycles. The number of benzene rings is 2. The maximum Gasteiger partial charge on any atom is 0.234 e. The molecule has 0 bridgehead atoms. The quantitative estimate of drug-likeness (QED) is 0.597. The van der Waals surface area contributed by atoms with E-state index >= 15 is 0 Å². The van der Waals surface area contributed by atoms with Gasteiger partial charge in [0.15, 0.2) is 0 Å². The van der Waals surface area contributed by atoms with Crippen molar-refractivity contribution < 1.29 is 4.79 Å². The summed E-state index contributed by atoms with van der Waals surface area (Å²) in [5, 5.41) is 2.94. The zero-order chi connectivity index (χ0) is 14.9. The lowest BCUT2D eigenvalue weighted by Gasteiger charge is -2.07. The van der Waals surface area contributed by atoms with Gasteiger partial charge in [-0.2, -0.15) is 0 Å². The minimum atomic E-state index is 0.0124. The average molecular weight is 320 g/mol. The summed E-state index contributed by atoms with van der Waals surface area (Å²) in [6.45, 7) is 0. The van der Waals surface area contributed by atoms with Crippen LogP contribution in [0.4, 0.5) is 5.69 Å². The molecule has 1 amide bonds. The van der Waals surface area contributed by atoms with Crippen LogP contribution in [0.2, 0.25) is 0 Å². The molecule has 0 saturated carbocycles. The number of hydrogen-bond donors (Lipinski definition) is 1. The van der Waals surface area contributed by atoms with Gasteiger partial charge in [0, 0.05) is 16.5 Å². The summed E-state index contributed by atoms with van der Waals surface area (Å²) in [5.74, 6) is 1.08. The first-order valence-electron chi connectivity index (χ1n) is 6.90. The Morgan fingerprint density at radius 1 is 1.10 bits per heavy atom. The number of anilines is 1. The number of carbonyl (C=O) groups excluding carboxylic acids is 1. The van der Waals surface area contributed by atoms with Crippen molar-refractivity contribution in [2.75, 3.05) is 16.9 Å². The van der Waals surface area contributed by atoms with Crippen molar-refractivity contribution in [1.29, 1.82) is 0 Å². The van der Waals surface area contributed by atoms with Gasteiger partial charge in [0.25, 0.3) is 0 Å². The van der Waals surface area contributed by atoms with Gasteiger partial charge in [-0.3, -0.25) is 4.79 Å². The third-order valence-electron chi connectivity index (χ3n) is 2.92. The van der Waals surface area contributed by atoms with Crippen LogP contribution in [0.5, 0.6) is 0 Å². The van der Waals surface area contributed by atoms with E-state index in [1.54, 1.807) is 0 Å². The summed E-state index contributed by atoms with van der Waals surface area (Å²) < 4.78 is 0. The van der Waals surface area contributed by atoms with Crippen molar-refractivity contribution in [2.45, 2.75) is 17.7 Å². The molecule has 2 aromatic rings. The number of halogens is 1. The van der Waals surface area contributed by atoms with Gasteiger partial charge in [-0.15, -0.1) is 23.4 Å². The van der Waals surface area contributed by atoms with Gasteiger partial charge >= 0.3 is 0 Å². The molecule has 0 aromatic heterocycles. The Labute approximate surface area is 134 Å². The second-order valence-corrected chi connectivity index (χ2v) is 6.07. The molecule has 110 valence electrons. The summed E-state index contributed by atoms with van der Waals surface area (Å²) in [6, 6.07) is 17.9. The molecule has 0 heterocycles. The van der Waals surface area contributed by atoms with Gasteiger partial charge in [0.2, 0.25) is 5.91 Å². The second kappa shape index (κ2) is 8.75. The van der Waals surface area contributed by atoms with Crippen molar-refractivity contribution in [2.24, 2.45) is 0 Å². The Kier molecular flexibility index (Phi) is 6.64. The van der Waals surface area contributed by atoms with Gasteiger partial charge in [0.05, 0.1) is 5.75 Å². The molecule has 1 N–H and O–H groups in total. The first-order valence-corrected chi connectivity index (χ1v) is 8.42. The fraction of sp³-hybridized carbons (Fsp3) is 0.235. The van der Waals surface area contributed by atoms with Crippen LogP contribution in [0.3, 0.4) is 0 Å². The van der Waals surface area contributed by atoms with Gasteiger partial charge in [-0.25, -0.2) is 0 Å². The van der Waals surface area contributed by atoms with Crippen LogP contribution in [-0.4, -0.2) is 17.5 Å². The van der Waals surface area contributed by atoms with E-state index in [2.05, 4.69) is 11.4 Å². The van der Waals surface area contributed by atoms with E-state index in [4.69, 9.17) is 11.6 Å². The van der Waals surface area contributed by atoms with E-state index in [-0.39, 0.29) is 5.91 Å². The third kappa shape index (κ3) is 5.82. The van der Waals surface area contributed by atoms with Crippen molar-refractivity contribution in [3.05, 3.63) is 60.2 Å². The topological polar surface area (TPSA) is 29.1 Å². The Bertz CT molecular complexity index is 574. The average Bonchev–Trinajstić information content (AvgIpc) is 2.52. The van der Waals surface area contributed by atoms with Gasteiger partial charge in [-0.05, 0) is 42.7 Å². The molecular weight excluding hydrogens is 302 g/mol. The highest BCUT2D eigenvalue weighted by atomic mass is 35.5. The molecule has 0 spiro atoms. The maximum absolute atomic E-state index is 12.0. The molecule has 0 unspecified atom stereocenters. The van der Waals surface area contributed by atoms with Crippen LogP contribution < -0.4 is 5.32 Å². The predicted octanol–water partition coefficient (Wildman–Crippen LogP) is 4.59. The summed E-state index contributed by atoms with van der Waals surface area (Å²) in [4.78, 5) is 13.1. The Hall–Kier alpha value is -1.45. The molecule has 0 fully saturated rings. The first kappa shape index (κ1) is 15.9. The molecule has 0 aliphatic carbocycles. The molecule has 21 heavy (non-hydrogen) atoms. The highest BCUT2D eigenvalue weighted by Crippen LogP contribution is 2.18. The van der Waals surface area contributed by atoms with Crippen molar-refractivity contribution in [3.8, 4) is 0 Å². The lowest BCUT2D eigenvalue weighted by molar-refractivity contribution is -0.113. The molecule has 0 aliphatic rings. The van der Waals surface area contributed by atoms with E-state index < -0.39 is 0 Å². The van der Waals surface area contributed by atoms with Gasteiger partial charge < -0.3 is 5.32 Å². The van der Waals surface area contributed by atoms with Crippen LogP contribution in [0.1, 0.15) is 12.0 Å². The largest absolute Gasteiger partial charge is 0.325 e. The zero-order valence-corrected chi connectivity index (χ0v) is 13.3. The van der Waals surface area contributed by atoms with Crippen molar-refractivity contribution >= 4 is 35.0 Å². The Balaban J connectivity index is 1.84. The number of alkyl halides is 1. The molecule has 2 aromatic carbocycles. The van der Waals surface area contributed by atoms with E-state index in [1.165, 1.54) is 17.3 Å². The summed E-state index contributed by atoms with van der Waals surface area (Å²) in [6.07, 6.45) is 1.88. The molecule has 0 radical (unpaired) electrons. The molecule has 4 heteroatoms. The van der Waals surface area contributed by atoms with Gasteiger partial charge in [-0.1, -0.05) is 30.3 Å². The fourth-order valence-electron chi connectivity index (χ4n) is 1.94. The number of hydrogen-bond acceptors (Lipinski definition) is 2. The minimum Gasteiger partial charge on any atom is -0.325 e. The van der Waals surface area contributed by atoms with Crippen molar-refractivity contribution in [1.82, 2.24) is 0 Å². The van der Waals surface area contributed by atoms with Crippen molar-refractivity contribution in [3.63, 3.8) is 0 Å². The van der Waals surface area contributed by atoms with Gasteiger partial charge in [0.1, 0.15) is 0 Å². The zero-order valence-electron chi connectivity index (χ0n) is 11.7. The van der Waals surface area contributed by atoms with Crippen LogP contribution in [0.25, 0.3) is 0 Å². The number of carbonyl (C=O) groups is 1. The number of aryl methyl sites for hydroxylation is 1. The monoisotopic (exact) mass is 319 g/mol. The number of rotatable bonds is 7. The normalized spacial score (nSPS) is 10.3. The van der Waals surface area contributed by atoms with E-state index in [9.17, 15) is 4.79 Å². The molecular formula is C17H18ClNOS. The van der Waals surface area contributed by atoms with E-state index in [0.717, 1.165) is 23.4 Å². The third-order valence-corrected chi connectivity index (χ3v) is 4.20. The number of amides is 1. The van der Waals surface area contributed by atoms with E-state index in [0.29, 0.717) is 11.6 Å². The summed E-state index contributed by atoms with van der Waals surface area (Å²) in [5.41, 5.74) is 2.05. The maximum atomic E-state index is 12.0. The highest BCUT2D eigenvalue weighted by molar-refractivity contribution is 8.00. The van der Waals surface area contributed by atoms with Crippen LogP contribution in [0, 0.1) is 0 Å². The van der Waals surface area contributed by atoms with Crippen LogP contribution >= 0.6 is 23.4 Å². The Morgan fingerprint density at radius 2 is 1.90 bits per heavy atom. The lowest BCUT2D eigenvalue weighted by atomic mass is 10.1.